The third-order valence-corrected chi connectivity index (χ3v) is 5.31. The lowest BCUT2D eigenvalue weighted by Crippen LogP contribution is -2.35. The van der Waals surface area contributed by atoms with Crippen molar-refractivity contribution in [3.05, 3.63) is 75.3 Å². The molecule has 1 atom stereocenters. The molecule has 1 unspecified atom stereocenters. The molecule has 9 heteroatoms. The number of non-ortho nitro benzene ring substituents is 1. The van der Waals surface area contributed by atoms with E-state index in [2.05, 4.69) is 0 Å². The largest absolute Gasteiger partial charge is 0.507 e. The first-order chi connectivity index (χ1) is 15.7. The van der Waals surface area contributed by atoms with E-state index in [0.29, 0.717) is 30.0 Å². The molecule has 1 heterocycles. The van der Waals surface area contributed by atoms with Crippen LogP contribution >= 0.6 is 0 Å². The maximum Gasteiger partial charge on any atom is 0.295 e. The number of aliphatic hydroxyl groups is 1. The van der Waals surface area contributed by atoms with E-state index < -0.39 is 22.7 Å². The minimum atomic E-state index is -0.954. The monoisotopic (exact) mass is 453 g/mol. The number of amides is 1. The van der Waals surface area contributed by atoms with Crippen LogP contribution in [0.5, 0.6) is 5.75 Å². The second kappa shape index (κ2) is 10.3. The molecule has 1 saturated heterocycles. The maximum atomic E-state index is 13.0. The molecule has 9 nitrogen and oxygen atoms in total. The van der Waals surface area contributed by atoms with E-state index in [1.807, 2.05) is 25.9 Å². The molecule has 0 saturated carbocycles. The highest BCUT2D eigenvalue weighted by Gasteiger charge is 2.46. The lowest BCUT2D eigenvalue weighted by atomic mass is 9.95. The van der Waals surface area contributed by atoms with Crippen LogP contribution in [0.3, 0.4) is 0 Å². The van der Waals surface area contributed by atoms with Gasteiger partial charge in [-0.25, -0.2) is 0 Å². The number of hydrogen-bond acceptors (Lipinski definition) is 7. The molecule has 1 fully saturated rings. The second-order valence-corrected chi connectivity index (χ2v) is 8.02. The van der Waals surface area contributed by atoms with Gasteiger partial charge in [-0.1, -0.05) is 31.2 Å². The molecule has 1 N–H and O–H groups in total. The van der Waals surface area contributed by atoms with Crippen LogP contribution in [0.15, 0.2) is 54.1 Å². The Bertz CT molecular complexity index is 1100. The van der Waals surface area contributed by atoms with Crippen molar-refractivity contribution >= 4 is 23.1 Å². The quantitative estimate of drug-likeness (QED) is 0.204. The Balaban J connectivity index is 2.14. The average Bonchev–Trinajstić information content (AvgIpc) is 3.06. The van der Waals surface area contributed by atoms with Crippen LogP contribution in [0.2, 0.25) is 0 Å². The zero-order valence-corrected chi connectivity index (χ0v) is 18.9. The van der Waals surface area contributed by atoms with Crippen molar-refractivity contribution in [2.45, 2.75) is 19.4 Å². The maximum absolute atomic E-state index is 13.0. The summed E-state index contributed by atoms with van der Waals surface area (Å²) < 4.78 is 5.62. The van der Waals surface area contributed by atoms with Gasteiger partial charge in [-0.15, -0.1) is 0 Å². The summed E-state index contributed by atoms with van der Waals surface area (Å²) in [4.78, 5) is 40.0. The molecule has 0 radical (unpaired) electrons. The van der Waals surface area contributed by atoms with E-state index in [-0.39, 0.29) is 23.6 Å². The fourth-order valence-corrected chi connectivity index (χ4v) is 3.68. The van der Waals surface area contributed by atoms with Gasteiger partial charge >= 0.3 is 0 Å². The highest BCUT2D eigenvalue weighted by molar-refractivity contribution is 6.46. The topological polar surface area (TPSA) is 113 Å². The number of ketones is 1. The van der Waals surface area contributed by atoms with Crippen molar-refractivity contribution in [3.8, 4) is 5.75 Å². The summed E-state index contributed by atoms with van der Waals surface area (Å²) in [6.07, 6.45) is 0.806. The van der Waals surface area contributed by atoms with Crippen molar-refractivity contribution < 1.29 is 24.4 Å². The van der Waals surface area contributed by atoms with Crippen molar-refractivity contribution in [1.29, 1.82) is 0 Å². The van der Waals surface area contributed by atoms with Gasteiger partial charge in [0.25, 0.3) is 17.4 Å². The fourth-order valence-electron chi connectivity index (χ4n) is 3.68. The Hall–Kier alpha value is -3.72. The summed E-state index contributed by atoms with van der Waals surface area (Å²) in [5, 5.41) is 22.5. The number of Topliss-reactive ketones (excluding diaryl/α,β-unsaturated/α-hetero) is 1. The number of carbonyl (C=O) groups is 2. The molecule has 33 heavy (non-hydrogen) atoms. The van der Waals surface area contributed by atoms with Crippen molar-refractivity contribution in [2.75, 3.05) is 33.8 Å². The molecule has 1 aliphatic heterocycles. The molecule has 3 rings (SSSR count). The number of nitrogens with zero attached hydrogens (tertiary/aromatic N) is 3. The predicted octanol–water partition coefficient (Wildman–Crippen LogP) is 3.37. The summed E-state index contributed by atoms with van der Waals surface area (Å²) in [7, 11) is 3.67. The third kappa shape index (κ3) is 5.20. The summed E-state index contributed by atoms with van der Waals surface area (Å²) in [5.74, 6) is -1.41. The molecular weight excluding hydrogens is 426 g/mol. The lowest BCUT2D eigenvalue weighted by molar-refractivity contribution is -0.384. The van der Waals surface area contributed by atoms with Crippen LogP contribution in [0, 0.1) is 10.1 Å². The highest BCUT2D eigenvalue weighted by Crippen LogP contribution is 2.40. The van der Waals surface area contributed by atoms with Crippen molar-refractivity contribution in [1.82, 2.24) is 9.80 Å². The highest BCUT2D eigenvalue weighted by atomic mass is 16.6. The number of likely N-dealkylation sites (N-methyl/N-ethyl adjacent to an activating group) is 1. The normalized spacial score (nSPS) is 17.6. The molecule has 0 aliphatic carbocycles. The van der Waals surface area contributed by atoms with E-state index in [1.54, 1.807) is 30.3 Å². The first kappa shape index (κ1) is 23.9. The Morgan fingerprint density at radius 3 is 2.58 bits per heavy atom. The van der Waals surface area contributed by atoms with Gasteiger partial charge in [0, 0.05) is 30.8 Å². The summed E-state index contributed by atoms with van der Waals surface area (Å²) in [6.45, 7) is 3.14. The second-order valence-electron chi connectivity index (χ2n) is 8.02. The number of nitro benzene ring substituents is 1. The number of likely N-dealkylation sites (tertiary alicyclic amines) is 1. The van der Waals surface area contributed by atoms with Crippen LogP contribution < -0.4 is 4.74 Å². The first-order valence-electron chi connectivity index (χ1n) is 10.6. The molecule has 0 bridgehead atoms. The van der Waals surface area contributed by atoms with Crippen molar-refractivity contribution in [2.24, 2.45) is 0 Å². The lowest BCUT2D eigenvalue weighted by Gasteiger charge is -2.26. The molecular formula is C24H27N3O6. The molecule has 174 valence electrons. The smallest absolute Gasteiger partial charge is 0.295 e. The molecule has 1 amide bonds. The first-order valence-corrected chi connectivity index (χ1v) is 10.6. The standard InChI is InChI=1S/C24H27N3O6/c1-4-13-33-19-10-6-8-17(15-19)22(28)20-21(16-7-5-9-18(14-16)27(31)32)26(12-11-25(2)3)24(30)23(20)29/h5-10,14-15,21,28H,4,11-13H2,1-3H3/b22-20+. The van der Waals surface area contributed by atoms with Gasteiger partial charge in [-0.3, -0.25) is 19.7 Å². The van der Waals surface area contributed by atoms with Gasteiger partial charge in [0.1, 0.15) is 11.5 Å². The Morgan fingerprint density at radius 1 is 1.18 bits per heavy atom. The molecule has 0 spiro atoms. The van der Waals surface area contributed by atoms with Crippen LogP contribution in [-0.2, 0) is 9.59 Å². The van der Waals surface area contributed by atoms with Gasteiger partial charge in [0.15, 0.2) is 0 Å². The molecule has 2 aromatic carbocycles. The van der Waals surface area contributed by atoms with E-state index in [9.17, 15) is 24.8 Å². The van der Waals surface area contributed by atoms with Crippen LogP contribution in [0.25, 0.3) is 5.76 Å². The number of rotatable bonds is 9. The van der Waals surface area contributed by atoms with Crippen LogP contribution in [-0.4, -0.2) is 65.3 Å². The molecule has 2 aromatic rings. The number of aliphatic hydroxyl groups excluding tert-OH is 1. The van der Waals surface area contributed by atoms with E-state index in [0.717, 1.165) is 6.42 Å². The molecule has 0 aromatic heterocycles. The number of ether oxygens (including phenoxy) is 1. The van der Waals surface area contributed by atoms with Gasteiger partial charge < -0.3 is 19.6 Å². The average molecular weight is 453 g/mol. The van der Waals surface area contributed by atoms with Gasteiger partial charge in [0.05, 0.1) is 23.1 Å². The number of nitro groups is 1. The number of benzene rings is 2. The third-order valence-electron chi connectivity index (χ3n) is 5.31. The van der Waals surface area contributed by atoms with E-state index in [4.69, 9.17) is 4.74 Å². The van der Waals surface area contributed by atoms with Gasteiger partial charge in [-0.05, 0) is 38.2 Å². The van der Waals surface area contributed by atoms with Crippen LogP contribution in [0.4, 0.5) is 5.69 Å². The van der Waals surface area contributed by atoms with E-state index >= 15 is 0 Å². The fraction of sp³-hybridized carbons (Fsp3) is 0.333. The summed E-state index contributed by atoms with van der Waals surface area (Å²) in [5.41, 5.74) is 0.430. The van der Waals surface area contributed by atoms with Gasteiger partial charge in [-0.2, -0.15) is 0 Å². The van der Waals surface area contributed by atoms with Crippen molar-refractivity contribution in [3.63, 3.8) is 0 Å². The summed E-state index contributed by atoms with van der Waals surface area (Å²) >= 11 is 0. The summed E-state index contributed by atoms with van der Waals surface area (Å²) in [6, 6.07) is 11.5. The zero-order chi connectivity index (χ0) is 24.1. The number of carbonyl (C=O) groups excluding carboxylic acids is 2. The Labute approximate surface area is 192 Å². The minimum Gasteiger partial charge on any atom is -0.507 e. The Kier molecular flexibility index (Phi) is 7.44. The SMILES string of the molecule is CCCOc1cccc(/C(O)=C2\C(=O)C(=O)N(CCN(C)C)C2c2cccc([N+](=O)[O-])c2)c1. The number of hydrogen-bond donors (Lipinski definition) is 1. The minimum absolute atomic E-state index is 0.105. The van der Waals surface area contributed by atoms with E-state index in [1.165, 1.54) is 23.1 Å². The predicted molar refractivity (Wildman–Crippen MR) is 123 cm³/mol. The van der Waals surface area contributed by atoms with Gasteiger partial charge in [0.2, 0.25) is 0 Å². The molecule has 1 aliphatic rings. The Morgan fingerprint density at radius 2 is 1.91 bits per heavy atom. The zero-order valence-electron chi connectivity index (χ0n) is 18.9. The van der Waals surface area contributed by atoms with Crippen LogP contribution in [0.1, 0.15) is 30.5 Å².